The molecular weight excluding hydrogens is 333 g/mol. The van der Waals surface area contributed by atoms with Gasteiger partial charge in [-0.25, -0.2) is 17.5 Å². The van der Waals surface area contributed by atoms with Gasteiger partial charge in [-0.2, -0.15) is 0 Å². The zero-order chi connectivity index (χ0) is 13.9. The maximum Gasteiger partial charge on any atom is 0.240 e. The zero-order valence-electron chi connectivity index (χ0n) is 10.5. The first-order valence-corrected chi connectivity index (χ1v) is 8.97. The summed E-state index contributed by atoms with van der Waals surface area (Å²) in [5.41, 5.74) is 0. The van der Waals surface area contributed by atoms with Crippen molar-refractivity contribution in [3.8, 4) is 0 Å². The molecule has 1 aromatic rings. The highest BCUT2D eigenvalue weighted by molar-refractivity contribution is 9.09. The Balaban J connectivity index is 2.14. The molecule has 106 valence electrons. The molecule has 0 aromatic heterocycles. The number of benzene rings is 1. The highest BCUT2D eigenvalue weighted by Crippen LogP contribution is 2.27. The van der Waals surface area contributed by atoms with Gasteiger partial charge in [-0.05, 0) is 43.0 Å². The Hall–Kier alpha value is -0.460. The van der Waals surface area contributed by atoms with Crippen LogP contribution in [-0.2, 0) is 10.0 Å². The van der Waals surface area contributed by atoms with E-state index in [1.165, 1.54) is 12.1 Å². The van der Waals surface area contributed by atoms with E-state index >= 15 is 0 Å². The van der Waals surface area contributed by atoms with Crippen molar-refractivity contribution in [3.05, 3.63) is 30.1 Å². The number of alkyl halides is 1. The number of halogens is 2. The van der Waals surface area contributed by atoms with E-state index in [1.807, 2.05) is 0 Å². The van der Waals surface area contributed by atoms with Crippen molar-refractivity contribution in [1.82, 2.24) is 4.72 Å². The van der Waals surface area contributed by atoms with E-state index in [0.717, 1.165) is 43.1 Å². The van der Waals surface area contributed by atoms with Crippen LogP contribution in [0.1, 0.15) is 25.7 Å². The standard InChI is InChI=1S/C13H17BrFNO2S/c14-9-10-3-1-2-4-13(10)16-19(17,18)12-7-5-11(15)6-8-12/h5-8,10,13,16H,1-4,9H2. The molecule has 1 saturated carbocycles. The molecule has 2 atom stereocenters. The molecule has 2 rings (SSSR count). The second-order valence-corrected chi connectivity index (χ2v) is 7.24. The van der Waals surface area contributed by atoms with E-state index in [4.69, 9.17) is 0 Å². The van der Waals surface area contributed by atoms with Crippen LogP contribution in [0.4, 0.5) is 4.39 Å². The first-order chi connectivity index (χ1) is 9.03. The average molecular weight is 350 g/mol. The van der Waals surface area contributed by atoms with Crippen molar-refractivity contribution in [2.75, 3.05) is 5.33 Å². The van der Waals surface area contributed by atoms with E-state index in [-0.39, 0.29) is 10.9 Å². The van der Waals surface area contributed by atoms with Crippen LogP contribution in [0.5, 0.6) is 0 Å². The molecule has 6 heteroatoms. The van der Waals surface area contributed by atoms with Crippen LogP contribution < -0.4 is 4.72 Å². The third kappa shape index (κ3) is 3.77. The predicted octanol–water partition coefficient (Wildman–Crippen LogP) is 3.06. The van der Waals surface area contributed by atoms with Gasteiger partial charge in [-0.3, -0.25) is 0 Å². The fourth-order valence-electron chi connectivity index (χ4n) is 2.43. The molecule has 1 fully saturated rings. The van der Waals surface area contributed by atoms with Gasteiger partial charge in [0.2, 0.25) is 10.0 Å². The van der Waals surface area contributed by atoms with Gasteiger partial charge in [-0.15, -0.1) is 0 Å². The lowest BCUT2D eigenvalue weighted by atomic mass is 9.87. The second kappa shape index (κ2) is 6.33. The molecule has 0 bridgehead atoms. The molecule has 1 aliphatic carbocycles. The largest absolute Gasteiger partial charge is 0.240 e. The van der Waals surface area contributed by atoms with Crippen LogP contribution in [0.3, 0.4) is 0 Å². The van der Waals surface area contributed by atoms with Gasteiger partial charge in [-0.1, -0.05) is 28.8 Å². The summed E-state index contributed by atoms with van der Waals surface area (Å²) in [6, 6.07) is 4.88. The van der Waals surface area contributed by atoms with E-state index in [1.54, 1.807) is 0 Å². The maximum atomic E-state index is 12.8. The summed E-state index contributed by atoms with van der Waals surface area (Å²) in [4.78, 5) is 0.118. The number of rotatable bonds is 4. The smallest absolute Gasteiger partial charge is 0.208 e. The summed E-state index contributed by atoms with van der Waals surface area (Å²) < 4.78 is 40.0. The van der Waals surface area contributed by atoms with Crippen molar-refractivity contribution in [2.45, 2.75) is 36.6 Å². The van der Waals surface area contributed by atoms with Crippen molar-refractivity contribution in [2.24, 2.45) is 5.92 Å². The summed E-state index contributed by atoms with van der Waals surface area (Å²) in [6.45, 7) is 0. The Bertz CT molecular complexity index is 518. The van der Waals surface area contributed by atoms with E-state index in [9.17, 15) is 12.8 Å². The number of hydrogen-bond acceptors (Lipinski definition) is 2. The lowest BCUT2D eigenvalue weighted by molar-refractivity contribution is 0.316. The van der Waals surface area contributed by atoms with E-state index in [0.29, 0.717) is 5.92 Å². The monoisotopic (exact) mass is 349 g/mol. The van der Waals surface area contributed by atoms with Crippen LogP contribution in [0.15, 0.2) is 29.2 Å². The lowest BCUT2D eigenvalue weighted by Gasteiger charge is -2.30. The fraction of sp³-hybridized carbons (Fsp3) is 0.538. The molecule has 0 aliphatic heterocycles. The quantitative estimate of drug-likeness (QED) is 0.849. The number of nitrogens with one attached hydrogen (secondary N) is 1. The third-order valence-corrected chi connectivity index (χ3v) is 5.88. The Kier molecular flexibility index (Phi) is 4.97. The number of sulfonamides is 1. The molecule has 3 nitrogen and oxygen atoms in total. The third-order valence-electron chi connectivity index (χ3n) is 3.54. The SMILES string of the molecule is O=S(=O)(NC1CCCCC1CBr)c1ccc(F)cc1. The first kappa shape index (κ1) is 14.9. The van der Waals surface area contributed by atoms with Crippen LogP contribution in [0.2, 0.25) is 0 Å². The highest BCUT2D eigenvalue weighted by Gasteiger charge is 2.28. The Morgan fingerprint density at radius 3 is 2.47 bits per heavy atom. The van der Waals surface area contributed by atoms with Crippen molar-refractivity contribution in [3.63, 3.8) is 0 Å². The molecule has 19 heavy (non-hydrogen) atoms. The van der Waals surface area contributed by atoms with Gasteiger partial charge >= 0.3 is 0 Å². The topological polar surface area (TPSA) is 46.2 Å². The maximum absolute atomic E-state index is 12.8. The van der Waals surface area contributed by atoms with Gasteiger partial charge in [0, 0.05) is 11.4 Å². The molecule has 1 N–H and O–H groups in total. The minimum atomic E-state index is -3.56. The van der Waals surface area contributed by atoms with Crippen molar-refractivity contribution < 1.29 is 12.8 Å². The molecular formula is C13H17BrFNO2S. The summed E-state index contributed by atoms with van der Waals surface area (Å²) >= 11 is 3.44. The summed E-state index contributed by atoms with van der Waals surface area (Å²) in [6.07, 6.45) is 4.07. The predicted molar refractivity (Wildman–Crippen MR) is 76.3 cm³/mol. The normalized spacial score (nSPS) is 24.3. The second-order valence-electron chi connectivity index (χ2n) is 4.88. The molecule has 0 radical (unpaired) electrons. The molecule has 0 spiro atoms. The van der Waals surface area contributed by atoms with Gasteiger partial charge in [0.05, 0.1) is 4.90 Å². The molecule has 0 saturated heterocycles. The summed E-state index contributed by atoms with van der Waals surface area (Å²) in [5, 5.41) is 0.795. The van der Waals surface area contributed by atoms with Crippen LogP contribution in [0, 0.1) is 11.7 Å². The minimum Gasteiger partial charge on any atom is -0.208 e. The fourth-order valence-corrected chi connectivity index (χ4v) is 4.54. The van der Waals surface area contributed by atoms with Crippen LogP contribution in [-0.4, -0.2) is 19.8 Å². The van der Waals surface area contributed by atoms with E-state index < -0.39 is 15.8 Å². The van der Waals surface area contributed by atoms with Gasteiger partial charge < -0.3 is 0 Å². The average Bonchev–Trinajstić information content (AvgIpc) is 2.39. The minimum absolute atomic E-state index is 0.0387. The summed E-state index contributed by atoms with van der Waals surface area (Å²) in [5.74, 6) is -0.112. The number of hydrogen-bond donors (Lipinski definition) is 1. The van der Waals surface area contributed by atoms with Gasteiger partial charge in [0.15, 0.2) is 0 Å². The lowest BCUT2D eigenvalue weighted by Crippen LogP contribution is -2.42. The van der Waals surface area contributed by atoms with Crippen molar-refractivity contribution in [1.29, 1.82) is 0 Å². The van der Waals surface area contributed by atoms with Gasteiger partial charge in [0.1, 0.15) is 5.82 Å². The Morgan fingerprint density at radius 2 is 1.84 bits per heavy atom. The van der Waals surface area contributed by atoms with Crippen molar-refractivity contribution >= 4 is 26.0 Å². The highest BCUT2D eigenvalue weighted by atomic mass is 79.9. The Labute approximate surface area is 121 Å². The molecule has 1 aliphatic rings. The summed E-state index contributed by atoms with van der Waals surface area (Å²) in [7, 11) is -3.56. The van der Waals surface area contributed by atoms with Crippen LogP contribution in [0.25, 0.3) is 0 Å². The molecule has 0 heterocycles. The first-order valence-electron chi connectivity index (χ1n) is 6.37. The molecule has 1 aromatic carbocycles. The van der Waals surface area contributed by atoms with E-state index in [2.05, 4.69) is 20.7 Å². The Morgan fingerprint density at radius 1 is 1.21 bits per heavy atom. The molecule has 0 amide bonds. The molecule has 2 unspecified atom stereocenters. The van der Waals surface area contributed by atoms with Crippen LogP contribution >= 0.6 is 15.9 Å². The zero-order valence-corrected chi connectivity index (χ0v) is 12.9. The van der Waals surface area contributed by atoms with Gasteiger partial charge in [0.25, 0.3) is 0 Å².